The lowest BCUT2D eigenvalue weighted by Crippen LogP contribution is -2.25. The van der Waals surface area contributed by atoms with Gasteiger partial charge in [0.05, 0.1) is 37.6 Å². The van der Waals surface area contributed by atoms with Gasteiger partial charge in [-0.2, -0.15) is 26.3 Å². The van der Waals surface area contributed by atoms with Gasteiger partial charge in [-0.15, -0.1) is 0 Å². The summed E-state index contributed by atoms with van der Waals surface area (Å²) in [5.74, 6) is 3.11. The maximum Gasteiger partial charge on any atom is 0.416 e. The highest BCUT2D eigenvalue weighted by atomic mass is 32.2. The SMILES string of the molecule is FC(F)(F)c1ccc(Sc2ccc(C(F)(F)F)cc2CCCCCOc2ccc(C3=C(c4ccccc4)CCCc4cc(OC5CCCCO5)ccc43)cc2)c(CCCCCOc2ccc(C3=C(c4ccccc4)CCCc4cc(OC5CCCCO5)ccc43)cc2)c1. The Hall–Kier alpha value is -7.71. The molecule has 93 heavy (non-hydrogen) atoms. The van der Waals surface area contributed by atoms with E-state index in [0.717, 1.165) is 137 Å². The smallest absolute Gasteiger partial charge is 0.416 e. The van der Waals surface area contributed by atoms with Crippen LogP contribution in [0.5, 0.6) is 23.0 Å². The molecule has 0 saturated carbocycles. The topological polar surface area (TPSA) is 55.4 Å². The second-order valence-corrected chi connectivity index (χ2v) is 25.8. The van der Waals surface area contributed by atoms with Gasteiger partial charge in [-0.25, -0.2) is 0 Å². The number of halogens is 6. The molecule has 484 valence electrons. The van der Waals surface area contributed by atoms with Gasteiger partial charge in [0.25, 0.3) is 0 Å². The van der Waals surface area contributed by atoms with E-state index in [-0.39, 0.29) is 12.6 Å². The predicted octanol–water partition coefficient (Wildman–Crippen LogP) is 21.9. The molecule has 2 aliphatic heterocycles. The summed E-state index contributed by atoms with van der Waals surface area (Å²) < 4.78 is 122. The van der Waals surface area contributed by atoms with Crippen LogP contribution < -0.4 is 18.9 Å². The molecule has 2 saturated heterocycles. The van der Waals surface area contributed by atoms with E-state index in [1.807, 2.05) is 36.4 Å². The number of fused-ring (bicyclic) bond motifs is 2. The van der Waals surface area contributed by atoms with Gasteiger partial charge in [0.1, 0.15) is 23.0 Å². The monoisotopic (exact) mass is 1280 g/mol. The molecule has 0 N–H and O–H groups in total. The average molecular weight is 1280 g/mol. The molecule has 8 aromatic rings. The highest BCUT2D eigenvalue weighted by Gasteiger charge is 2.33. The number of benzene rings is 8. The van der Waals surface area contributed by atoms with Crippen LogP contribution in [-0.4, -0.2) is 39.0 Å². The van der Waals surface area contributed by atoms with Gasteiger partial charge in [0.2, 0.25) is 0 Å². The van der Waals surface area contributed by atoms with E-state index in [1.165, 1.54) is 91.7 Å². The molecule has 4 aliphatic rings. The van der Waals surface area contributed by atoms with Crippen LogP contribution in [-0.2, 0) is 47.5 Å². The largest absolute Gasteiger partial charge is 0.494 e. The zero-order valence-corrected chi connectivity index (χ0v) is 53.4. The zero-order chi connectivity index (χ0) is 64.0. The Balaban J connectivity index is 0.657. The first-order valence-electron chi connectivity index (χ1n) is 33.3. The van der Waals surface area contributed by atoms with E-state index in [0.29, 0.717) is 85.5 Å². The molecule has 0 radical (unpaired) electrons. The Bertz CT molecular complexity index is 3580. The number of unbranched alkanes of at least 4 members (excludes halogenated alkanes) is 4. The quantitative estimate of drug-likeness (QED) is 0.0441. The third-order valence-corrected chi connectivity index (χ3v) is 19.3. The van der Waals surface area contributed by atoms with Crippen molar-refractivity contribution in [3.05, 3.63) is 249 Å². The first kappa shape index (κ1) is 65.4. The van der Waals surface area contributed by atoms with Gasteiger partial charge in [-0.1, -0.05) is 109 Å². The fourth-order valence-electron chi connectivity index (χ4n) is 13.3. The summed E-state index contributed by atoms with van der Waals surface area (Å²) in [5.41, 5.74) is 13.9. The van der Waals surface area contributed by atoms with Crippen LogP contribution in [0.25, 0.3) is 22.3 Å². The van der Waals surface area contributed by atoms with Crippen molar-refractivity contribution in [2.24, 2.45) is 0 Å². The zero-order valence-electron chi connectivity index (χ0n) is 52.6. The summed E-state index contributed by atoms with van der Waals surface area (Å²) in [6, 6.07) is 57.8. The minimum absolute atomic E-state index is 0.224. The number of aryl methyl sites for hydroxylation is 4. The van der Waals surface area contributed by atoms with E-state index in [2.05, 4.69) is 109 Å². The molecular formula is C80H80F6O6S. The predicted molar refractivity (Wildman–Crippen MR) is 358 cm³/mol. The Kier molecular flexibility index (Phi) is 21.8. The summed E-state index contributed by atoms with van der Waals surface area (Å²) in [7, 11) is 0. The molecule has 6 nitrogen and oxygen atoms in total. The summed E-state index contributed by atoms with van der Waals surface area (Å²) in [6.45, 7) is 2.28. The first-order valence-corrected chi connectivity index (χ1v) is 34.1. The van der Waals surface area contributed by atoms with Crippen molar-refractivity contribution >= 4 is 34.1 Å². The molecule has 0 amide bonds. The average Bonchev–Trinajstić information content (AvgIpc) is 1.81. The number of alkyl halides is 6. The highest BCUT2D eigenvalue weighted by Crippen LogP contribution is 2.45. The van der Waals surface area contributed by atoms with Gasteiger partial charge < -0.3 is 28.4 Å². The molecule has 8 aromatic carbocycles. The standard InChI is InChI=1S/C80H80F6O6S/c81-79(82,83)63-35-45-73(61(51-63)23-9-3-13-47-87-65-37-31-57(32-38-65)77-69(55-19-5-1-6-20-55)27-17-25-59-53-67(41-43-71(59)77)91-75-29-11-15-49-89-75)93-74-46-36-64(80(84,85)86)52-62(74)24-10-4-14-48-88-66-39-33-58(34-40-66)78-70(56-21-7-2-8-22-56)28-18-26-60-54-68(42-44-72(60)78)92-76-30-12-16-50-90-76/h1-2,5-8,19-22,31-46,51-54,75-76H,3-4,9-18,23-30,47-50H2. The number of ether oxygens (including phenoxy) is 6. The Morgan fingerprint density at radius 2 is 0.806 bits per heavy atom. The number of hydrogen-bond donors (Lipinski definition) is 0. The Morgan fingerprint density at radius 3 is 1.20 bits per heavy atom. The van der Waals surface area contributed by atoms with E-state index >= 15 is 0 Å². The summed E-state index contributed by atoms with van der Waals surface area (Å²) in [5, 5.41) is 0. The Labute approximate surface area is 547 Å². The Morgan fingerprint density at radius 1 is 0.387 bits per heavy atom. The molecule has 0 bridgehead atoms. The molecule has 0 spiro atoms. The van der Waals surface area contributed by atoms with Crippen molar-refractivity contribution in [3.8, 4) is 23.0 Å². The van der Waals surface area contributed by atoms with Gasteiger partial charge in [0, 0.05) is 22.6 Å². The molecule has 0 aromatic heterocycles. The number of hydrogen-bond acceptors (Lipinski definition) is 7. The molecular weight excluding hydrogens is 1200 g/mol. The lowest BCUT2D eigenvalue weighted by Gasteiger charge is -2.24. The van der Waals surface area contributed by atoms with E-state index in [1.54, 1.807) is 0 Å². The maximum absolute atomic E-state index is 14.2. The van der Waals surface area contributed by atoms with Crippen LogP contribution in [0.4, 0.5) is 26.3 Å². The van der Waals surface area contributed by atoms with E-state index in [9.17, 15) is 26.3 Å². The van der Waals surface area contributed by atoms with Crippen LogP contribution in [0.2, 0.25) is 0 Å². The van der Waals surface area contributed by atoms with E-state index in [4.69, 9.17) is 28.4 Å². The van der Waals surface area contributed by atoms with Gasteiger partial charge in [-0.3, -0.25) is 0 Å². The maximum atomic E-state index is 14.2. The minimum Gasteiger partial charge on any atom is -0.494 e. The van der Waals surface area contributed by atoms with Gasteiger partial charge in [0.15, 0.2) is 12.6 Å². The molecule has 2 unspecified atom stereocenters. The van der Waals surface area contributed by atoms with Crippen molar-refractivity contribution in [1.82, 2.24) is 0 Å². The molecule has 12 rings (SSSR count). The van der Waals surface area contributed by atoms with Crippen LogP contribution in [0, 0.1) is 0 Å². The summed E-state index contributed by atoms with van der Waals surface area (Å²) in [6.07, 6.45) is 6.83. The van der Waals surface area contributed by atoms with Crippen molar-refractivity contribution in [1.29, 1.82) is 0 Å². The lowest BCUT2D eigenvalue weighted by molar-refractivity contribution is -0.138. The molecule has 2 fully saturated rings. The van der Waals surface area contributed by atoms with Gasteiger partial charge >= 0.3 is 12.4 Å². The molecule has 2 heterocycles. The summed E-state index contributed by atoms with van der Waals surface area (Å²) >= 11 is 1.23. The minimum atomic E-state index is -4.56. The van der Waals surface area contributed by atoms with Crippen LogP contribution in [0.3, 0.4) is 0 Å². The van der Waals surface area contributed by atoms with Crippen molar-refractivity contribution < 1.29 is 54.8 Å². The van der Waals surface area contributed by atoms with Crippen LogP contribution in [0.1, 0.15) is 169 Å². The molecule has 2 atom stereocenters. The van der Waals surface area contributed by atoms with E-state index < -0.39 is 23.5 Å². The normalized spacial score (nSPS) is 17.1. The van der Waals surface area contributed by atoms with Crippen molar-refractivity contribution in [3.63, 3.8) is 0 Å². The fourth-order valence-corrected chi connectivity index (χ4v) is 14.4. The molecule has 2 aliphatic carbocycles. The highest BCUT2D eigenvalue weighted by molar-refractivity contribution is 7.99. The molecule has 13 heteroatoms. The second kappa shape index (κ2) is 31.0. The number of allylic oxidation sites excluding steroid dienone is 2. The van der Waals surface area contributed by atoms with Crippen molar-refractivity contribution in [2.45, 2.75) is 163 Å². The third-order valence-electron chi connectivity index (χ3n) is 18.1. The fraction of sp³-hybridized carbons (Fsp3) is 0.350. The second-order valence-electron chi connectivity index (χ2n) is 24.7. The van der Waals surface area contributed by atoms with Crippen LogP contribution >= 0.6 is 11.8 Å². The van der Waals surface area contributed by atoms with Gasteiger partial charge in [-0.05, 0) is 278 Å². The third kappa shape index (κ3) is 17.2. The van der Waals surface area contributed by atoms with Crippen molar-refractivity contribution in [2.75, 3.05) is 26.4 Å². The number of rotatable bonds is 24. The van der Waals surface area contributed by atoms with Crippen LogP contribution in [0.15, 0.2) is 192 Å². The first-order chi connectivity index (χ1) is 45.4. The lowest BCUT2D eigenvalue weighted by atomic mass is 9.88. The summed E-state index contributed by atoms with van der Waals surface area (Å²) in [4.78, 5) is 1.17.